The summed E-state index contributed by atoms with van der Waals surface area (Å²) in [4.78, 5) is 11.1. The van der Waals surface area contributed by atoms with Crippen LogP contribution in [0.25, 0.3) is 0 Å². The molecule has 0 saturated carbocycles. The molecule has 0 aliphatic heterocycles. The van der Waals surface area contributed by atoms with Gasteiger partial charge in [0.2, 0.25) is 0 Å². The zero-order valence-electron chi connectivity index (χ0n) is 8.53. The summed E-state index contributed by atoms with van der Waals surface area (Å²) in [5, 5.41) is 7.59. The molecule has 4 heteroatoms. The van der Waals surface area contributed by atoms with Gasteiger partial charge in [-0.15, -0.1) is 5.10 Å². The number of ketones is 1. The van der Waals surface area contributed by atoms with Crippen molar-refractivity contribution in [2.75, 3.05) is 0 Å². The van der Waals surface area contributed by atoms with E-state index in [0.717, 1.165) is 0 Å². The number of rotatable bonds is 2. The van der Waals surface area contributed by atoms with Gasteiger partial charge in [0.15, 0.2) is 5.78 Å². The van der Waals surface area contributed by atoms with Crippen molar-refractivity contribution in [3.63, 3.8) is 0 Å². The quantitative estimate of drug-likeness (QED) is 0.650. The minimum Gasteiger partial charge on any atom is -0.293 e. The minimum absolute atomic E-state index is 0.00856. The van der Waals surface area contributed by atoms with E-state index in [9.17, 15) is 4.79 Å². The van der Waals surface area contributed by atoms with Crippen LogP contribution in [0.4, 0.5) is 0 Å². The van der Waals surface area contributed by atoms with Gasteiger partial charge < -0.3 is 0 Å². The Morgan fingerprint density at radius 2 is 2.15 bits per heavy atom. The van der Waals surface area contributed by atoms with Gasteiger partial charge in [0.25, 0.3) is 0 Å². The highest BCUT2D eigenvalue weighted by Gasteiger charge is 2.16. The first-order chi connectivity index (χ1) is 5.90. The zero-order valence-corrected chi connectivity index (χ0v) is 8.53. The predicted octanol–water partition coefficient (Wildman–Crippen LogP) is 1.53. The summed E-state index contributed by atoms with van der Waals surface area (Å²) in [5.74, 6) is 0.00856. The van der Waals surface area contributed by atoms with E-state index < -0.39 is 0 Å². The average molecular weight is 181 g/mol. The van der Waals surface area contributed by atoms with Gasteiger partial charge in [0, 0.05) is 13.5 Å². The van der Waals surface area contributed by atoms with Gasteiger partial charge in [0.1, 0.15) is 5.69 Å². The van der Waals surface area contributed by atoms with Crippen molar-refractivity contribution in [3.8, 4) is 0 Å². The second-order valence-electron chi connectivity index (χ2n) is 4.39. The number of carbonyl (C=O) groups excluding carboxylic acids is 1. The maximum atomic E-state index is 11.1. The third-order valence-corrected chi connectivity index (χ3v) is 1.60. The number of nitrogens with zero attached hydrogens (tertiary/aromatic N) is 3. The molecule has 0 unspecified atom stereocenters. The van der Waals surface area contributed by atoms with Crippen molar-refractivity contribution >= 4 is 5.78 Å². The van der Waals surface area contributed by atoms with E-state index in [0.29, 0.717) is 12.2 Å². The predicted molar refractivity (Wildman–Crippen MR) is 49.5 cm³/mol. The topological polar surface area (TPSA) is 47.8 Å². The van der Waals surface area contributed by atoms with Crippen molar-refractivity contribution in [3.05, 3.63) is 11.9 Å². The summed E-state index contributed by atoms with van der Waals surface area (Å²) in [6, 6.07) is 0. The molecule has 1 aromatic heterocycles. The Kier molecular flexibility index (Phi) is 2.50. The van der Waals surface area contributed by atoms with Gasteiger partial charge in [-0.2, -0.15) is 0 Å². The molecule has 0 aromatic carbocycles. The highest BCUT2D eigenvalue weighted by Crippen LogP contribution is 2.16. The van der Waals surface area contributed by atoms with E-state index in [1.807, 2.05) is 0 Å². The fraction of sp³-hybridized carbons (Fsp3) is 0.667. The number of Topliss-reactive ketones (excluding diaryl/α,β-unsaturated/α-hetero) is 1. The number of carbonyl (C=O) groups is 1. The van der Waals surface area contributed by atoms with Crippen LogP contribution in [0.1, 0.15) is 38.2 Å². The van der Waals surface area contributed by atoms with Crippen molar-refractivity contribution < 1.29 is 4.79 Å². The fourth-order valence-corrected chi connectivity index (χ4v) is 1.10. The third kappa shape index (κ3) is 2.65. The molecule has 1 heterocycles. The van der Waals surface area contributed by atoms with Gasteiger partial charge in [-0.1, -0.05) is 26.0 Å². The number of hydrogen-bond donors (Lipinski definition) is 0. The average Bonchev–Trinajstić information content (AvgIpc) is 2.31. The molecule has 0 amide bonds. The molecule has 0 N–H and O–H groups in total. The van der Waals surface area contributed by atoms with E-state index in [2.05, 4.69) is 31.1 Å². The van der Waals surface area contributed by atoms with E-state index in [1.165, 1.54) is 13.1 Å². The number of aromatic nitrogens is 3. The van der Waals surface area contributed by atoms with Gasteiger partial charge >= 0.3 is 0 Å². The van der Waals surface area contributed by atoms with Crippen molar-refractivity contribution in [2.24, 2.45) is 5.41 Å². The van der Waals surface area contributed by atoms with Crippen LogP contribution in [0.2, 0.25) is 0 Å². The van der Waals surface area contributed by atoms with Crippen molar-refractivity contribution in [1.82, 2.24) is 15.0 Å². The third-order valence-electron chi connectivity index (χ3n) is 1.60. The smallest absolute Gasteiger partial charge is 0.179 e. The molecule has 13 heavy (non-hydrogen) atoms. The van der Waals surface area contributed by atoms with Gasteiger partial charge in [-0.05, 0) is 5.41 Å². The molecule has 1 aromatic rings. The van der Waals surface area contributed by atoms with E-state index in [-0.39, 0.29) is 11.2 Å². The second-order valence-corrected chi connectivity index (χ2v) is 4.39. The van der Waals surface area contributed by atoms with Crippen LogP contribution >= 0.6 is 0 Å². The summed E-state index contributed by atoms with van der Waals surface area (Å²) >= 11 is 0. The lowest BCUT2D eigenvalue weighted by Gasteiger charge is -2.18. The number of hydrogen-bond acceptors (Lipinski definition) is 3. The van der Waals surface area contributed by atoms with Gasteiger partial charge in [0.05, 0.1) is 6.20 Å². The molecule has 4 nitrogen and oxygen atoms in total. The normalized spacial score (nSPS) is 11.7. The Bertz CT molecular complexity index is 309. The molecule has 0 spiro atoms. The van der Waals surface area contributed by atoms with Crippen LogP contribution in [0.15, 0.2) is 6.20 Å². The summed E-state index contributed by atoms with van der Waals surface area (Å²) in [6.07, 6.45) is 1.51. The fourth-order valence-electron chi connectivity index (χ4n) is 1.10. The minimum atomic E-state index is 0.00856. The van der Waals surface area contributed by atoms with Crippen LogP contribution < -0.4 is 0 Å². The van der Waals surface area contributed by atoms with Crippen LogP contribution in [-0.4, -0.2) is 20.8 Å². The Labute approximate surface area is 77.9 Å². The molecular formula is C9H15N3O. The maximum Gasteiger partial charge on any atom is 0.179 e. The van der Waals surface area contributed by atoms with E-state index in [1.54, 1.807) is 4.68 Å². The van der Waals surface area contributed by atoms with Crippen LogP contribution in [0, 0.1) is 5.41 Å². The van der Waals surface area contributed by atoms with Crippen molar-refractivity contribution in [2.45, 2.75) is 34.2 Å². The first-order valence-electron chi connectivity index (χ1n) is 4.29. The molecule has 0 saturated heterocycles. The SMILES string of the molecule is CC(=O)c1cnnn1CC(C)(C)C. The van der Waals surface area contributed by atoms with Crippen LogP contribution in [-0.2, 0) is 6.54 Å². The molecule has 0 fully saturated rings. The Morgan fingerprint density at radius 1 is 1.54 bits per heavy atom. The molecule has 1 rings (SSSR count). The summed E-state index contributed by atoms with van der Waals surface area (Å²) in [7, 11) is 0. The lowest BCUT2D eigenvalue weighted by Crippen LogP contribution is -2.19. The van der Waals surface area contributed by atoms with Gasteiger partial charge in [-0.25, -0.2) is 4.68 Å². The Balaban J connectivity index is 2.89. The molecule has 0 aliphatic rings. The molecule has 0 atom stereocenters. The molecular weight excluding hydrogens is 166 g/mol. The van der Waals surface area contributed by atoms with Crippen molar-refractivity contribution in [1.29, 1.82) is 0 Å². The monoisotopic (exact) mass is 181 g/mol. The first-order valence-corrected chi connectivity index (χ1v) is 4.29. The first kappa shape index (κ1) is 9.89. The molecule has 72 valence electrons. The Hall–Kier alpha value is -1.19. The van der Waals surface area contributed by atoms with Gasteiger partial charge in [-0.3, -0.25) is 4.79 Å². The lowest BCUT2D eigenvalue weighted by atomic mass is 9.97. The lowest BCUT2D eigenvalue weighted by molar-refractivity contribution is 0.100. The van der Waals surface area contributed by atoms with Crippen LogP contribution in [0.3, 0.4) is 0 Å². The molecule has 0 radical (unpaired) electrons. The summed E-state index contributed by atoms with van der Waals surface area (Å²) < 4.78 is 1.66. The summed E-state index contributed by atoms with van der Waals surface area (Å²) in [6.45, 7) is 8.52. The van der Waals surface area contributed by atoms with Crippen LogP contribution in [0.5, 0.6) is 0 Å². The summed E-state index contributed by atoms with van der Waals surface area (Å²) in [5.41, 5.74) is 0.688. The zero-order chi connectivity index (χ0) is 10.1. The molecule has 0 aliphatic carbocycles. The second kappa shape index (κ2) is 3.28. The standard InChI is InChI=1S/C9H15N3O/c1-7(13)8-5-10-11-12(8)6-9(2,3)4/h5H,6H2,1-4H3. The van der Waals surface area contributed by atoms with E-state index in [4.69, 9.17) is 0 Å². The molecule has 0 bridgehead atoms. The maximum absolute atomic E-state index is 11.1. The highest BCUT2D eigenvalue weighted by molar-refractivity contribution is 5.91. The largest absolute Gasteiger partial charge is 0.293 e. The van der Waals surface area contributed by atoms with E-state index >= 15 is 0 Å². The highest BCUT2D eigenvalue weighted by atomic mass is 16.1. The Morgan fingerprint density at radius 3 is 2.62 bits per heavy atom.